The maximum absolute atomic E-state index is 12.5. The van der Waals surface area contributed by atoms with Crippen molar-refractivity contribution in [3.05, 3.63) is 39.7 Å². The molecule has 1 saturated heterocycles. The molecule has 1 aromatic heterocycles. The van der Waals surface area contributed by atoms with Gasteiger partial charge in [-0.25, -0.2) is 4.79 Å². The smallest absolute Gasteiger partial charge is 0.337 e. The van der Waals surface area contributed by atoms with Crippen molar-refractivity contribution in [2.75, 3.05) is 34.4 Å². The van der Waals surface area contributed by atoms with E-state index in [1.807, 2.05) is 6.07 Å². The number of fused-ring (bicyclic) bond motifs is 5. The third-order valence-electron chi connectivity index (χ3n) is 6.74. The van der Waals surface area contributed by atoms with Gasteiger partial charge in [-0.05, 0) is 58.3 Å². The number of ether oxygens (including phenoxy) is 3. The molecule has 0 radical (unpaired) electrons. The predicted molar refractivity (Wildman–Crippen MR) is 120 cm³/mol. The number of H-pyrrole nitrogens is 1. The number of methoxy groups -OCH3 is 3. The van der Waals surface area contributed by atoms with E-state index >= 15 is 0 Å². The standard InChI is InChI=1S/C23H29BrN2O4/c1-5-13-11-26-9-8-14-20-18(7-6-17(24)22(20)29-3)25-21(14)19(26)10-15(13)16(12-28-2)23(27)30-4/h6-7,12-13,15,19,25H,5,8-11H2,1-4H3/b16-12+/t13-,15+,19+/m1/s1. The SMILES string of the molecule is CC[C@@H]1CN2CCc3c([nH]c4ccc(Br)c(OC)c34)[C@@H]2C[C@@H]1/C(=C\OC)C(=O)OC. The largest absolute Gasteiger partial charge is 0.504 e. The van der Waals surface area contributed by atoms with Gasteiger partial charge >= 0.3 is 5.97 Å². The van der Waals surface area contributed by atoms with Gasteiger partial charge in [0.15, 0.2) is 0 Å². The summed E-state index contributed by atoms with van der Waals surface area (Å²) in [5.41, 5.74) is 4.30. The summed E-state index contributed by atoms with van der Waals surface area (Å²) in [6.07, 6.45) is 4.42. The summed E-state index contributed by atoms with van der Waals surface area (Å²) >= 11 is 3.62. The first-order chi connectivity index (χ1) is 14.5. The number of aromatic nitrogens is 1. The monoisotopic (exact) mass is 476 g/mol. The Labute approximate surface area is 185 Å². The Morgan fingerprint density at radius 3 is 2.80 bits per heavy atom. The van der Waals surface area contributed by atoms with Gasteiger partial charge in [0.2, 0.25) is 0 Å². The van der Waals surface area contributed by atoms with E-state index in [9.17, 15) is 4.79 Å². The van der Waals surface area contributed by atoms with Crippen molar-refractivity contribution in [1.82, 2.24) is 9.88 Å². The minimum Gasteiger partial charge on any atom is -0.504 e. The van der Waals surface area contributed by atoms with Gasteiger partial charge in [-0.1, -0.05) is 13.3 Å². The van der Waals surface area contributed by atoms with Gasteiger partial charge in [0.1, 0.15) is 5.75 Å². The second-order valence-electron chi connectivity index (χ2n) is 8.09. The van der Waals surface area contributed by atoms with Crippen LogP contribution < -0.4 is 4.74 Å². The van der Waals surface area contributed by atoms with Gasteiger partial charge in [-0.15, -0.1) is 0 Å². The van der Waals surface area contributed by atoms with Crippen LogP contribution in [0, 0.1) is 11.8 Å². The number of halogens is 1. The summed E-state index contributed by atoms with van der Waals surface area (Å²) in [6, 6.07) is 4.35. The van der Waals surface area contributed by atoms with E-state index in [1.165, 1.54) is 18.4 Å². The molecule has 3 atom stereocenters. The molecule has 4 rings (SSSR count). The number of hydrogen-bond acceptors (Lipinski definition) is 5. The lowest BCUT2D eigenvalue weighted by molar-refractivity contribution is -0.137. The molecule has 0 spiro atoms. The molecule has 2 aliphatic rings. The van der Waals surface area contributed by atoms with Gasteiger partial charge in [-0.2, -0.15) is 0 Å². The molecular formula is C23H29BrN2O4. The van der Waals surface area contributed by atoms with Crippen LogP contribution in [0.25, 0.3) is 10.9 Å². The van der Waals surface area contributed by atoms with Crippen molar-refractivity contribution in [3.8, 4) is 5.75 Å². The fourth-order valence-electron chi connectivity index (χ4n) is 5.33. The van der Waals surface area contributed by atoms with E-state index in [2.05, 4.69) is 38.8 Å². The summed E-state index contributed by atoms with van der Waals surface area (Å²) in [6.45, 7) is 4.16. The number of aromatic amines is 1. The first kappa shape index (κ1) is 21.2. The minimum absolute atomic E-state index is 0.0923. The molecule has 0 aliphatic carbocycles. The number of benzene rings is 1. The van der Waals surface area contributed by atoms with Crippen molar-refractivity contribution in [1.29, 1.82) is 0 Å². The molecule has 7 heteroatoms. The van der Waals surface area contributed by atoms with Gasteiger partial charge < -0.3 is 19.2 Å². The number of nitrogens with one attached hydrogen (secondary N) is 1. The fraction of sp³-hybridized carbons (Fsp3) is 0.522. The Kier molecular flexibility index (Phi) is 6.11. The van der Waals surface area contributed by atoms with E-state index in [0.717, 1.165) is 53.5 Å². The van der Waals surface area contributed by atoms with E-state index in [4.69, 9.17) is 14.2 Å². The number of hydrogen-bond donors (Lipinski definition) is 1. The van der Waals surface area contributed by atoms with Gasteiger partial charge in [0, 0.05) is 29.7 Å². The van der Waals surface area contributed by atoms with E-state index in [-0.39, 0.29) is 17.9 Å². The normalized spacial score (nSPS) is 24.3. The number of rotatable bonds is 5. The summed E-state index contributed by atoms with van der Waals surface area (Å²) in [5.74, 6) is 1.06. The third kappa shape index (κ3) is 3.42. The van der Waals surface area contributed by atoms with Crippen LogP contribution in [-0.4, -0.2) is 50.3 Å². The summed E-state index contributed by atoms with van der Waals surface area (Å²) in [4.78, 5) is 18.8. The quantitative estimate of drug-likeness (QED) is 0.388. The molecule has 0 bridgehead atoms. The lowest BCUT2D eigenvalue weighted by Gasteiger charge is -2.46. The molecule has 0 saturated carbocycles. The number of nitrogens with zero attached hydrogens (tertiary/aromatic N) is 1. The average molecular weight is 477 g/mol. The Morgan fingerprint density at radius 2 is 2.13 bits per heavy atom. The van der Waals surface area contributed by atoms with Crippen LogP contribution in [0.3, 0.4) is 0 Å². The highest BCUT2D eigenvalue weighted by Crippen LogP contribution is 2.48. The minimum atomic E-state index is -0.299. The molecule has 3 heterocycles. The number of piperidine rings is 1. The zero-order valence-corrected chi connectivity index (χ0v) is 19.5. The Balaban J connectivity index is 1.78. The van der Waals surface area contributed by atoms with Crippen LogP contribution >= 0.6 is 15.9 Å². The molecule has 30 heavy (non-hydrogen) atoms. The van der Waals surface area contributed by atoms with Crippen molar-refractivity contribution in [2.24, 2.45) is 11.8 Å². The first-order valence-corrected chi connectivity index (χ1v) is 11.2. The van der Waals surface area contributed by atoms with Crippen molar-refractivity contribution >= 4 is 32.8 Å². The van der Waals surface area contributed by atoms with Crippen LogP contribution in [0.5, 0.6) is 5.75 Å². The zero-order valence-electron chi connectivity index (χ0n) is 18.0. The molecule has 2 aliphatic heterocycles. The molecule has 1 fully saturated rings. The summed E-state index contributed by atoms with van der Waals surface area (Å²) < 4.78 is 17.0. The van der Waals surface area contributed by atoms with Gasteiger partial charge in [-0.3, -0.25) is 4.90 Å². The van der Waals surface area contributed by atoms with E-state index in [0.29, 0.717) is 11.5 Å². The highest BCUT2D eigenvalue weighted by atomic mass is 79.9. The van der Waals surface area contributed by atoms with Crippen LogP contribution in [0.15, 0.2) is 28.4 Å². The molecule has 0 amide bonds. The molecule has 6 nitrogen and oxygen atoms in total. The van der Waals surface area contributed by atoms with Crippen molar-refractivity contribution in [3.63, 3.8) is 0 Å². The lowest BCUT2D eigenvalue weighted by atomic mass is 9.74. The van der Waals surface area contributed by atoms with Crippen LogP contribution in [0.1, 0.15) is 37.1 Å². The fourth-order valence-corrected chi connectivity index (χ4v) is 5.82. The molecule has 162 valence electrons. The Morgan fingerprint density at radius 1 is 1.33 bits per heavy atom. The highest BCUT2D eigenvalue weighted by molar-refractivity contribution is 9.10. The average Bonchev–Trinajstić information content (AvgIpc) is 3.15. The number of carbonyl (C=O) groups is 1. The molecule has 0 unspecified atom stereocenters. The lowest BCUT2D eigenvalue weighted by Crippen LogP contribution is -2.47. The topological polar surface area (TPSA) is 63.8 Å². The third-order valence-corrected chi connectivity index (χ3v) is 7.36. The Bertz CT molecular complexity index is 983. The van der Waals surface area contributed by atoms with Crippen LogP contribution in [-0.2, 0) is 20.7 Å². The number of esters is 1. The van der Waals surface area contributed by atoms with Crippen molar-refractivity contribution in [2.45, 2.75) is 32.2 Å². The zero-order chi connectivity index (χ0) is 21.4. The van der Waals surface area contributed by atoms with Crippen LogP contribution in [0.2, 0.25) is 0 Å². The highest BCUT2D eigenvalue weighted by Gasteiger charge is 2.42. The number of carbonyl (C=O) groups excluding carboxylic acids is 1. The predicted octanol–water partition coefficient (Wildman–Crippen LogP) is 4.59. The first-order valence-electron chi connectivity index (χ1n) is 10.5. The van der Waals surface area contributed by atoms with Gasteiger partial charge in [0.25, 0.3) is 0 Å². The second kappa shape index (κ2) is 8.63. The van der Waals surface area contributed by atoms with Crippen LogP contribution in [0.4, 0.5) is 0 Å². The maximum atomic E-state index is 12.5. The van der Waals surface area contributed by atoms with Crippen molar-refractivity contribution < 1.29 is 19.0 Å². The summed E-state index contributed by atoms with van der Waals surface area (Å²) in [5, 5.41) is 1.16. The van der Waals surface area contributed by atoms with E-state index in [1.54, 1.807) is 20.5 Å². The molecular weight excluding hydrogens is 448 g/mol. The molecule has 1 N–H and O–H groups in total. The molecule has 2 aromatic rings. The van der Waals surface area contributed by atoms with Gasteiger partial charge in [0.05, 0.1) is 43.7 Å². The summed E-state index contributed by atoms with van der Waals surface area (Å²) in [7, 11) is 4.73. The Hall–Kier alpha value is -1.99. The maximum Gasteiger partial charge on any atom is 0.337 e. The van der Waals surface area contributed by atoms with E-state index < -0.39 is 0 Å². The molecule has 1 aromatic carbocycles. The second-order valence-corrected chi connectivity index (χ2v) is 8.95.